The second kappa shape index (κ2) is 4.04. The maximum absolute atomic E-state index is 6.04. The molecule has 1 aromatic carbocycles. The Bertz CT molecular complexity index is 487. The molecule has 0 aliphatic carbocycles. The monoisotopic (exact) mass is 305 g/mol. The maximum Gasteiger partial charge on any atom is 0.102 e. The molecule has 0 radical (unpaired) electrons. The van der Waals surface area contributed by atoms with Gasteiger partial charge in [-0.1, -0.05) is 23.2 Å². The van der Waals surface area contributed by atoms with E-state index in [1.807, 2.05) is 0 Å². The molecule has 3 nitrogen and oxygen atoms in total. The van der Waals surface area contributed by atoms with Gasteiger partial charge in [0.05, 0.1) is 20.7 Å². The zero-order valence-electron chi connectivity index (χ0n) is 7.42. The van der Waals surface area contributed by atoms with Gasteiger partial charge in [0.2, 0.25) is 0 Å². The molecule has 15 heavy (non-hydrogen) atoms. The number of rotatable bonds is 1. The Morgan fingerprint density at radius 2 is 1.87 bits per heavy atom. The van der Waals surface area contributed by atoms with Crippen molar-refractivity contribution in [3.63, 3.8) is 0 Å². The lowest BCUT2D eigenvalue weighted by atomic mass is 10.3. The molecule has 0 bridgehead atoms. The van der Waals surface area contributed by atoms with Crippen molar-refractivity contribution in [2.75, 3.05) is 5.73 Å². The summed E-state index contributed by atoms with van der Waals surface area (Å²) in [5, 5.41) is 5.03. The largest absolute Gasteiger partial charge is 0.399 e. The first-order valence-corrected chi connectivity index (χ1v) is 5.58. The summed E-state index contributed by atoms with van der Waals surface area (Å²) in [7, 11) is 0. The number of aromatic nitrogens is 2. The molecular formula is C9H6BrCl2N3. The first-order valence-electron chi connectivity index (χ1n) is 4.03. The average molecular weight is 307 g/mol. The molecule has 0 unspecified atom stereocenters. The van der Waals surface area contributed by atoms with Crippen LogP contribution in [0.5, 0.6) is 0 Å². The molecule has 2 N–H and O–H groups in total. The molecule has 0 spiro atoms. The van der Waals surface area contributed by atoms with Crippen molar-refractivity contribution < 1.29 is 0 Å². The van der Waals surface area contributed by atoms with Crippen molar-refractivity contribution in [1.82, 2.24) is 9.78 Å². The number of halogens is 3. The Kier molecular flexibility index (Phi) is 2.91. The summed E-state index contributed by atoms with van der Waals surface area (Å²) in [6.45, 7) is 0. The molecule has 1 heterocycles. The van der Waals surface area contributed by atoms with E-state index in [1.54, 1.807) is 29.2 Å². The second-order valence-electron chi connectivity index (χ2n) is 2.94. The molecule has 2 aromatic rings. The van der Waals surface area contributed by atoms with Crippen LogP contribution in [0.25, 0.3) is 5.69 Å². The van der Waals surface area contributed by atoms with Crippen LogP contribution in [0.2, 0.25) is 10.0 Å². The second-order valence-corrected chi connectivity index (χ2v) is 4.67. The van der Waals surface area contributed by atoms with Crippen LogP contribution >= 0.6 is 39.1 Å². The molecule has 0 aliphatic rings. The molecule has 0 amide bonds. The van der Waals surface area contributed by atoms with Gasteiger partial charge in [-0.05, 0) is 28.1 Å². The van der Waals surface area contributed by atoms with Crippen LogP contribution in [0, 0.1) is 0 Å². The molecular weight excluding hydrogens is 301 g/mol. The van der Waals surface area contributed by atoms with Gasteiger partial charge in [-0.15, -0.1) is 0 Å². The third-order valence-electron chi connectivity index (χ3n) is 1.82. The Labute approximate surface area is 105 Å². The molecule has 0 saturated heterocycles. The quantitative estimate of drug-likeness (QED) is 0.819. The Hall–Kier alpha value is -0.710. The van der Waals surface area contributed by atoms with E-state index in [0.717, 1.165) is 4.47 Å². The van der Waals surface area contributed by atoms with Crippen molar-refractivity contribution in [3.8, 4) is 5.69 Å². The molecule has 0 fully saturated rings. The smallest absolute Gasteiger partial charge is 0.102 e. The van der Waals surface area contributed by atoms with E-state index < -0.39 is 0 Å². The fourth-order valence-electron chi connectivity index (χ4n) is 1.23. The van der Waals surface area contributed by atoms with Crippen LogP contribution in [-0.2, 0) is 0 Å². The van der Waals surface area contributed by atoms with E-state index in [9.17, 15) is 0 Å². The van der Waals surface area contributed by atoms with Crippen molar-refractivity contribution in [2.45, 2.75) is 0 Å². The van der Waals surface area contributed by atoms with Crippen LogP contribution in [0.15, 0.2) is 29.0 Å². The highest BCUT2D eigenvalue weighted by Gasteiger charge is 2.10. The average Bonchev–Trinajstić information content (AvgIpc) is 2.49. The molecule has 0 saturated carbocycles. The van der Waals surface area contributed by atoms with E-state index in [1.165, 1.54) is 0 Å². The van der Waals surface area contributed by atoms with Crippen LogP contribution < -0.4 is 5.73 Å². The van der Waals surface area contributed by atoms with E-state index in [2.05, 4.69) is 21.0 Å². The molecule has 6 heteroatoms. The van der Waals surface area contributed by atoms with Gasteiger partial charge in [-0.25, -0.2) is 4.68 Å². The summed E-state index contributed by atoms with van der Waals surface area (Å²) in [5.74, 6) is 0. The number of nitrogens with zero attached hydrogens (tertiary/aromatic N) is 2. The fraction of sp³-hybridized carbons (Fsp3) is 0. The minimum absolute atomic E-state index is 0.468. The summed E-state index contributed by atoms with van der Waals surface area (Å²) >= 11 is 15.4. The number of hydrogen-bond acceptors (Lipinski definition) is 2. The predicted octanol–water partition coefficient (Wildman–Crippen LogP) is 3.52. The molecule has 0 atom stereocenters. The zero-order valence-corrected chi connectivity index (χ0v) is 10.5. The first-order chi connectivity index (χ1) is 7.08. The summed E-state index contributed by atoms with van der Waals surface area (Å²) < 4.78 is 2.44. The number of benzene rings is 1. The van der Waals surface area contributed by atoms with Crippen LogP contribution in [0.3, 0.4) is 0 Å². The first kappa shape index (κ1) is 10.8. The van der Waals surface area contributed by atoms with Crippen LogP contribution in [0.1, 0.15) is 0 Å². The molecule has 0 aliphatic heterocycles. The van der Waals surface area contributed by atoms with Gasteiger partial charge in [-0.3, -0.25) is 0 Å². The van der Waals surface area contributed by atoms with Gasteiger partial charge in [0, 0.05) is 11.9 Å². The van der Waals surface area contributed by atoms with E-state index in [4.69, 9.17) is 28.9 Å². The van der Waals surface area contributed by atoms with E-state index in [0.29, 0.717) is 21.4 Å². The molecule has 2 rings (SSSR count). The minimum atomic E-state index is 0.468. The Morgan fingerprint density at radius 1 is 1.27 bits per heavy atom. The number of hydrogen-bond donors (Lipinski definition) is 1. The summed E-state index contributed by atoms with van der Waals surface area (Å²) in [4.78, 5) is 0. The van der Waals surface area contributed by atoms with E-state index >= 15 is 0 Å². The predicted molar refractivity (Wildman–Crippen MR) is 65.7 cm³/mol. The normalized spacial score (nSPS) is 10.6. The zero-order chi connectivity index (χ0) is 11.0. The molecule has 1 aromatic heterocycles. The lowest BCUT2D eigenvalue weighted by molar-refractivity contribution is 0.881. The van der Waals surface area contributed by atoms with Gasteiger partial charge >= 0.3 is 0 Å². The number of anilines is 1. The Morgan fingerprint density at radius 3 is 2.33 bits per heavy atom. The summed E-state index contributed by atoms with van der Waals surface area (Å²) in [6.07, 6.45) is 3.42. The van der Waals surface area contributed by atoms with Gasteiger partial charge in [0.25, 0.3) is 0 Å². The van der Waals surface area contributed by atoms with E-state index in [-0.39, 0.29) is 0 Å². The van der Waals surface area contributed by atoms with Gasteiger partial charge in [0.1, 0.15) is 5.69 Å². The number of nitrogens with two attached hydrogens (primary N) is 1. The van der Waals surface area contributed by atoms with Crippen molar-refractivity contribution in [1.29, 1.82) is 0 Å². The lowest BCUT2D eigenvalue weighted by Gasteiger charge is -2.07. The van der Waals surface area contributed by atoms with Crippen LogP contribution in [-0.4, -0.2) is 9.78 Å². The summed E-state index contributed by atoms with van der Waals surface area (Å²) in [6, 6.07) is 3.27. The van der Waals surface area contributed by atoms with Crippen molar-refractivity contribution in [3.05, 3.63) is 39.0 Å². The van der Waals surface area contributed by atoms with Crippen LogP contribution in [0.4, 0.5) is 5.69 Å². The standard InChI is InChI=1S/C9H6BrCl2N3/c10-5-3-14-15(4-5)9-7(11)1-6(13)2-8(9)12/h1-4H,13H2. The summed E-state index contributed by atoms with van der Waals surface area (Å²) in [5.41, 5.74) is 6.75. The fourth-order valence-corrected chi connectivity index (χ4v) is 2.19. The van der Waals surface area contributed by atoms with Crippen molar-refractivity contribution >= 4 is 44.8 Å². The van der Waals surface area contributed by atoms with Gasteiger partial charge in [-0.2, -0.15) is 5.10 Å². The number of nitrogen functional groups attached to an aromatic ring is 1. The highest BCUT2D eigenvalue weighted by Crippen LogP contribution is 2.31. The third-order valence-corrected chi connectivity index (χ3v) is 2.81. The maximum atomic E-state index is 6.04. The lowest BCUT2D eigenvalue weighted by Crippen LogP contribution is -1.98. The topological polar surface area (TPSA) is 43.8 Å². The highest BCUT2D eigenvalue weighted by molar-refractivity contribution is 9.10. The molecule has 78 valence electrons. The SMILES string of the molecule is Nc1cc(Cl)c(-n2cc(Br)cn2)c(Cl)c1. The van der Waals surface area contributed by atoms with Crippen molar-refractivity contribution in [2.24, 2.45) is 0 Å². The Balaban J connectivity index is 2.62. The minimum Gasteiger partial charge on any atom is -0.399 e. The highest BCUT2D eigenvalue weighted by atomic mass is 79.9. The van der Waals surface area contributed by atoms with Gasteiger partial charge < -0.3 is 5.73 Å². The third kappa shape index (κ3) is 2.12. The van der Waals surface area contributed by atoms with Gasteiger partial charge in [0.15, 0.2) is 0 Å².